The van der Waals surface area contributed by atoms with Crippen LogP contribution >= 0.6 is 11.6 Å². The molecular formula is C11H6ClF7O. The van der Waals surface area contributed by atoms with Crippen molar-refractivity contribution in [3.63, 3.8) is 0 Å². The monoisotopic (exact) mass is 322 g/mol. The van der Waals surface area contributed by atoms with Gasteiger partial charge in [0.15, 0.2) is 5.78 Å². The number of Topliss-reactive ketones (excluding diaryl/α,β-unsaturated/α-hetero) is 1. The predicted octanol–water partition coefficient (Wildman–Crippen LogP) is 4.71. The summed E-state index contributed by atoms with van der Waals surface area (Å²) >= 11 is 5.35. The summed E-state index contributed by atoms with van der Waals surface area (Å²) in [6.45, 7) is 1.08. The lowest BCUT2D eigenvalue weighted by Gasteiger charge is -2.22. The Hall–Kier alpha value is -1.31. The number of hydrogen-bond donors (Lipinski definition) is 0. The van der Waals surface area contributed by atoms with E-state index in [-0.39, 0.29) is 5.56 Å². The van der Waals surface area contributed by atoms with E-state index in [4.69, 9.17) is 11.6 Å². The van der Waals surface area contributed by atoms with Crippen molar-refractivity contribution < 1.29 is 35.5 Å². The molecule has 0 aromatic heterocycles. The van der Waals surface area contributed by atoms with Gasteiger partial charge in [0.1, 0.15) is 5.82 Å². The normalized spacial score (nSPS) is 12.9. The third-order valence-corrected chi connectivity index (χ3v) is 2.74. The summed E-state index contributed by atoms with van der Waals surface area (Å²) in [4.78, 5) is 11.5. The van der Waals surface area contributed by atoms with Crippen LogP contribution in [0.15, 0.2) is 12.1 Å². The minimum Gasteiger partial charge on any atom is -0.293 e. The average Bonchev–Trinajstić information content (AvgIpc) is 2.18. The lowest BCUT2D eigenvalue weighted by Crippen LogP contribution is -2.42. The first-order valence-corrected chi connectivity index (χ1v) is 5.36. The Morgan fingerprint density at radius 1 is 1.10 bits per heavy atom. The summed E-state index contributed by atoms with van der Waals surface area (Å²) in [7, 11) is 0. The Morgan fingerprint density at radius 3 is 1.95 bits per heavy atom. The first kappa shape index (κ1) is 16.7. The third-order valence-electron chi connectivity index (χ3n) is 2.43. The van der Waals surface area contributed by atoms with Crippen LogP contribution in [-0.2, 0) is 0 Å². The number of hydrogen-bond acceptors (Lipinski definition) is 1. The summed E-state index contributed by atoms with van der Waals surface area (Å²) < 4.78 is 87.5. The number of rotatable bonds is 2. The zero-order chi connectivity index (χ0) is 15.9. The molecule has 0 bridgehead atoms. The lowest BCUT2D eigenvalue weighted by molar-refractivity contribution is -0.264. The molecule has 0 atom stereocenters. The van der Waals surface area contributed by atoms with Gasteiger partial charge in [0.2, 0.25) is 5.92 Å². The Balaban J connectivity index is 3.38. The zero-order valence-electron chi connectivity index (χ0n) is 9.66. The summed E-state index contributed by atoms with van der Waals surface area (Å²) in [6, 6.07) is 1.05. The van der Waals surface area contributed by atoms with Crippen LogP contribution < -0.4 is 0 Å². The van der Waals surface area contributed by atoms with Crippen LogP contribution in [0.2, 0.25) is 5.02 Å². The quantitative estimate of drug-likeness (QED) is 0.569. The van der Waals surface area contributed by atoms with Crippen molar-refractivity contribution in [1.82, 2.24) is 0 Å². The van der Waals surface area contributed by atoms with Crippen LogP contribution in [0.3, 0.4) is 0 Å². The second-order valence-corrected chi connectivity index (χ2v) is 4.37. The number of benzene rings is 1. The highest BCUT2D eigenvalue weighted by Crippen LogP contribution is 2.42. The number of alkyl halides is 6. The molecule has 0 saturated carbocycles. The van der Waals surface area contributed by atoms with Crippen molar-refractivity contribution in [3.05, 3.63) is 34.1 Å². The van der Waals surface area contributed by atoms with Gasteiger partial charge in [-0.05, 0) is 24.6 Å². The molecule has 1 rings (SSSR count). The van der Waals surface area contributed by atoms with E-state index in [0.717, 1.165) is 6.92 Å². The van der Waals surface area contributed by atoms with Crippen molar-refractivity contribution >= 4 is 17.4 Å². The van der Waals surface area contributed by atoms with Crippen molar-refractivity contribution in [2.45, 2.75) is 19.3 Å². The standard InChI is InChI=1S/C11H6ClF7O/c1-4-2-5(6(12)3-7(4)13)8(20)9(10(14,15)16)11(17,18)19/h2-3,9H,1H3. The van der Waals surface area contributed by atoms with Gasteiger partial charge in [0, 0.05) is 5.56 Å². The van der Waals surface area contributed by atoms with E-state index >= 15 is 0 Å². The first-order valence-electron chi connectivity index (χ1n) is 4.99. The summed E-state index contributed by atoms with van der Waals surface area (Å²) in [6.07, 6.45) is -11.6. The number of aryl methyl sites for hydroxylation is 1. The van der Waals surface area contributed by atoms with Crippen LogP contribution in [0.5, 0.6) is 0 Å². The Morgan fingerprint density at radius 2 is 1.55 bits per heavy atom. The van der Waals surface area contributed by atoms with E-state index < -0.39 is 40.5 Å². The molecular weight excluding hydrogens is 317 g/mol. The fraction of sp³-hybridized carbons (Fsp3) is 0.364. The van der Waals surface area contributed by atoms with E-state index in [1.54, 1.807) is 0 Å². The maximum Gasteiger partial charge on any atom is 0.407 e. The number of halogens is 8. The number of carbonyl (C=O) groups excluding carboxylic acids is 1. The highest BCUT2D eigenvalue weighted by atomic mass is 35.5. The fourth-order valence-electron chi connectivity index (χ4n) is 1.48. The number of ketones is 1. The molecule has 112 valence electrons. The molecule has 0 N–H and O–H groups in total. The molecule has 20 heavy (non-hydrogen) atoms. The molecule has 0 amide bonds. The second kappa shape index (κ2) is 5.23. The Labute approximate surface area is 113 Å². The zero-order valence-corrected chi connectivity index (χ0v) is 10.4. The van der Waals surface area contributed by atoms with Crippen molar-refractivity contribution in [1.29, 1.82) is 0 Å². The van der Waals surface area contributed by atoms with Gasteiger partial charge in [-0.3, -0.25) is 4.79 Å². The van der Waals surface area contributed by atoms with Crippen LogP contribution in [0, 0.1) is 18.7 Å². The Kier molecular flexibility index (Phi) is 4.38. The van der Waals surface area contributed by atoms with Gasteiger partial charge in [0.05, 0.1) is 5.02 Å². The van der Waals surface area contributed by atoms with Gasteiger partial charge in [-0.1, -0.05) is 11.6 Å². The molecule has 0 unspecified atom stereocenters. The molecule has 0 heterocycles. The summed E-state index contributed by atoms with van der Waals surface area (Å²) in [5.41, 5.74) is -1.31. The number of carbonyl (C=O) groups is 1. The topological polar surface area (TPSA) is 17.1 Å². The average molecular weight is 323 g/mol. The fourth-order valence-corrected chi connectivity index (χ4v) is 1.73. The van der Waals surface area contributed by atoms with Gasteiger partial charge in [-0.25, -0.2) is 4.39 Å². The molecule has 9 heteroatoms. The largest absolute Gasteiger partial charge is 0.407 e. The highest BCUT2D eigenvalue weighted by Gasteiger charge is 2.61. The maximum absolute atomic E-state index is 13.1. The second-order valence-electron chi connectivity index (χ2n) is 3.96. The molecule has 1 aromatic rings. The van der Waals surface area contributed by atoms with Crippen LogP contribution in [0.25, 0.3) is 0 Å². The maximum atomic E-state index is 13.1. The van der Waals surface area contributed by atoms with Gasteiger partial charge >= 0.3 is 12.4 Å². The van der Waals surface area contributed by atoms with Crippen molar-refractivity contribution in [3.8, 4) is 0 Å². The van der Waals surface area contributed by atoms with E-state index in [1.807, 2.05) is 0 Å². The molecule has 0 aliphatic rings. The Bertz CT molecular complexity index is 519. The third kappa shape index (κ3) is 3.41. The van der Waals surface area contributed by atoms with E-state index in [0.29, 0.717) is 12.1 Å². The first-order chi connectivity index (χ1) is 8.85. The molecule has 0 saturated heterocycles. The minimum atomic E-state index is -5.82. The van der Waals surface area contributed by atoms with Crippen molar-refractivity contribution in [2.75, 3.05) is 0 Å². The molecule has 0 spiro atoms. The highest BCUT2D eigenvalue weighted by molar-refractivity contribution is 6.34. The van der Waals surface area contributed by atoms with Gasteiger partial charge in [-0.2, -0.15) is 26.3 Å². The summed E-state index contributed by atoms with van der Waals surface area (Å²) in [5.74, 6) is -7.41. The molecule has 0 aliphatic heterocycles. The predicted molar refractivity (Wildman–Crippen MR) is 56.1 cm³/mol. The molecule has 0 radical (unpaired) electrons. The van der Waals surface area contributed by atoms with Crippen molar-refractivity contribution in [2.24, 2.45) is 5.92 Å². The van der Waals surface area contributed by atoms with Crippen LogP contribution in [0.1, 0.15) is 15.9 Å². The van der Waals surface area contributed by atoms with E-state index in [1.165, 1.54) is 0 Å². The van der Waals surface area contributed by atoms with Gasteiger partial charge < -0.3 is 0 Å². The van der Waals surface area contributed by atoms with Crippen LogP contribution in [0.4, 0.5) is 30.7 Å². The molecule has 0 fully saturated rings. The van der Waals surface area contributed by atoms with Crippen LogP contribution in [-0.4, -0.2) is 18.1 Å². The van der Waals surface area contributed by atoms with E-state index in [9.17, 15) is 35.5 Å². The minimum absolute atomic E-state index is 0.291. The molecule has 1 aromatic carbocycles. The van der Waals surface area contributed by atoms with Gasteiger partial charge in [0.25, 0.3) is 0 Å². The molecule has 0 aliphatic carbocycles. The summed E-state index contributed by atoms with van der Waals surface area (Å²) in [5, 5.41) is -0.809. The molecule has 1 nitrogen and oxygen atoms in total. The lowest BCUT2D eigenvalue weighted by atomic mass is 9.95. The smallest absolute Gasteiger partial charge is 0.293 e. The van der Waals surface area contributed by atoms with E-state index in [2.05, 4.69) is 0 Å². The van der Waals surface area contributed by atoms with Gasteiger partial charge in [-0.15, -0.1) is 0 Å². The SMILES string of the molecule is Cc1cc(C(=O)C(C(F)(F)F)C(F)(F)F)c(Cl)cc1F.